The average molecular weight is 367 g/mol. The van der Waals surface area contributed by atoms with Crippen molar-refractivity contribution >= 4 is 27.0 Å². The van der Waals surface area contributed by atoms with Crippen LogP contribution >= 0.6 is 0 Å². The molecule has 0 radical (unpaired) electrons. The lowest BCUT2D eigenvalue weighted by molar-refractivity contribution is -0.122. The molecular formula is C16H21N3O5S. The van der Waals surface area contributed by atoms with Crippen LogP contribution in [0.25, 0.3) is 11.1 Å². The molecule has 0 aliphatic carbocycles. The van der Waals surface area contributed by atoms with Crippen LogP contribution < -0.4 is 11.5 Å². The summed E-state index contributed by atoms with van der Waals surface area (Å²) in [5, 5.41) is 0. The molecule has 1 saturated heterocycles. The van der Waals surface area contributed by atoms with Crippen molar-refractivity contribution in [2.75, 3.05) is 13.1 Å². The van der Waals surface area contributed by atoms with Gasteiger partial charge in [0.25, 0.3) is 0 Å². The summed E-state index contributed by atoms with van der Waals surface area (Å²) in [5.74, 6) is -1.49. The van der Waals surface area contributed by atoms with Gasteiger partial charge in [-0.2, -0.15) is 4.31 Å². The summed E-state index contributed by atoms with van der Waals surface area (Å²) in [6.45, 7) is 4.10. The Kier molecular flexibility index (Phi) is 4.46. The first-order valence-electron chi connectivity index (χ1n) is 8.16. The van der Waals surface area contributed by atoms with Crippen LogP contribution in [0.1, 0.15) is 32.7 Å². The van der Waals surface area contributed by atoms with E-state index < -0.39 is 27.6 Å². The van der Waals surface area contributed by atoms with Gasteiger partial charge < -0.3 is 10.2 Å². The van der Waals surface area contributed by atoms with Crippen LogP contribution in [0.2, 0.25) is 0 Å². The van der Waals surface area contributed by atoms with Gasteiger partial charge in [0.1, 0.15) is 0 Å². The van der Waals surface area contributed by atoms with Gasteiger partial charge in [-0.15, -0.1) is 0 Å². The number of rotatable bonds is 4. The zero-order valence-corrected chi connectivity index (χ0v) is 15.0. The number of fused-ring (bicyclic) bond motifs is 1. The number of nitrogens with zero attached hydrogens (tertiary/aromatic N) is 2. The number of nitrogens with two attached hydrogens (primary N) is 1. The van der Waals surface area contributed by atoms with E-state index in [0.29, 0.717) is 24.9 Å². The van der Waals surface area contributed by atoms with Gasteiger partial charge in [0, 0.05) is 25.2 Å². The Labute approximate surface area is 145 Å². The van der Waals surface area contributed by atoms with E-state index in [-0.39, 0.29) is 23.1 Å². The molecule has 0 spiro atoms. The van der Waals surface area contributed by atoms with E-state index in [4.69, 9.17) is 10.2 Å². The summed E-state index contributed by atoms with van der Waals surface area (Å²) in [4.78, 5) is 23.4. The van der Waals surface area contributed by atoms with Crippen molar-refractivity contribution in [2.45, 2.75) is 37.6 Å². The maximum absolute atomic E-state index is 12.9. The molecule has 1 amide bonds. The lowest BCUT2D eigenvalue weighted by Gasteiger charge is -2.30. The molecule has 2 N–H and O–H groups in total. The second kappa shape index (κ2) is 6.30. The number of carbonyl (C=O) groups is 1. The van der Waals surface area contributed by atoms with Crippen molar-refractivity contribution in [3.8, 4) is 0 Å². The predicted octanol–water partition coefficient (Wildman–Crippen LogP) is 1.06. The van der Waals surface area contributed by atoms with E-state index >= 15 is 0 Å². The molecule has 1 atom stereocenters. The van der Waals surface area contributed by atoms with Gasteiger partial charge in [-0.3, -0.25) is 9.36 Å². The first-order chi connectivity index (χ1) is 11.7. The molecule has 1 aromatic carbocycles. The number of aromatic nitrogens is 1. The van der Waals surface area contributed by atoms with Crippen LogP contribution in [-0.2, 0) is 14.8 Å². The van der Waals surface area contributed by atoms with E-state index in [1.54, 1.807) is 6.07 Å². The first kappa shape index (κ1) is 17.7. The van der Waals surface area contributed by atoms with Gasteiger partial charge in [-0.25, -0.2) is 13.2 Å². The van der Waals surface area contributed by atoms with Gasteiger partial charge in [0.05, 0.1) is 16.3 Å². The predicted molar refractivity (Wildman–Crippen MR) is 91.5 cm³/mol. The van der Waals surface area contributed by atoms with Crippen molar-refractivity contribution in [2.24, 2.45) is 11.7 Å². The maximum Gasteiger partial charge on any atom is 0.420 e. The molecule has 1 aliphatic rings. The third-order valence-electron chi connectivity index (χ3n) is 4.53. The van der Waals surface area contributed by atoms with Gasteiger partial charge >= 0.3 is 5.76 Å². The molecule has 2 aromatic rings. The second-order valence-electron chi connectivity index (χ2n) is 6.57. The molecule has 25 heavy (non-hydrogen) atoms. The van der Waals surface area contributed by atoms with E-state index in [9.17, 15) is 18.0 Å². The lowest BCUT2D eigenvalue weighted by atomic mass is 9.99. The van der Waals surface area contributed by atoms with Gasteiger partial charge in [-0.1, -0.05) is 0 Å². The first-order valence-corrected chi connectivity index (χ1v) is 9.60. The molecule has 1 aromatic heterocycles. The molecule has 2 heterocycles. The fraction of sp³-hybridized carbons (Fsp3) is 0.500. The summed E-state index contributed by atoms with van der Waals surface area (Å²) < 4.78 is 33.7. The number of hydrogen-bond donors (Lipinski definition) is 1. The van der Waals surface area contributed by atoms with E-state index in [2.05, 4.69) is 0 Å². The Morgan fingerprint density at radius 3 is 2.72 bits per heavy atom. The molecule has 8 nitrogen and oxygen atoms in total. The highest BCUT2D eigenvalue weighted by Gasteiger charge is 2.32. The van der Waals surface area contributed by atoms with Crippen LogP contribution in [0.5, 0.6) is 0 Å². The number of hydrogen-bond acceptors (Lipinski definition) is 5. The topological polar surface area (TPSA) is 116 Å². The molecule has 136 valence electrons. The van der Waals surface area contributed by atoms with Crippen molar-refractivity contribution < 1.29 is 17.6 Å². The smallest absolute Gasteiger partial charge is 0.408 e. The van der Waals surface area contributed by atoms with Crippen LogP contribution in [0.4, 0.5) is 0 Å². The molecular weight excluding hydrogens is 346 g/mol. The summed E-state index contributed by atoms with van der Waals surface area (Å²) in [6.07, 6.45) is 1.17. The number of sulfonamides is 1. The SMILES string of the molecule is CC(C)n1c(=O)oc2cc(S(=O)(=O)N3CCCC(C(N)=O)C3)ccc21. The molecule has 1 fully saturated rings. The fourth-order valence-electron chi connectivity index (χ4n) is 3.21. The van der Waals surface area contributed by atoms with Crippen molar-refractivity contribution in [3.05, 3.63) is 28.7 Å². The minimum absolute atomic E-state index is 0.0368. The van der Waals surface area contributed by atoms with Crippen LogP contribution in [0.3, 0.4) is 0 Å². The molecule has 9 heteroatoms. The quantitative estimate of drug-likeness (QED) is 0.867. The minimum atomic E-state index is -3.79. The number of oxazole rings is 1. The number of amides is 1. The summed E-state index contributed by atoms with van der Waals surface area (Å²) in [5.41, 5.74) is 6.09. The minimum Gasteiger partial charge on any atom is -0.408 e. The summed E-state index contributed by atoms with van der Waals surface area (Å²) in [6, 6.07) is 4.29. The summed E-state index contributed by atoms with van der Waals surface area (Å²) >= 11 is 0. The maximum atomic E-state index is 12.9. The Balaban J connectivity index is 2.00. The van der Waals surface area contributed by atoms with Crippen molar-refractivity contribution in [3.63, 3.8) is 0 Å². The Bertz CT molecular complexity index is 973. The van der Waals surface area contributed by atoms with Gasteiger partial charge in [-0.05, 0) is 38.8 Å². The average Bonchev–Trinajstić information content (AvgIpc) is 2.89. The highest BCUT2D eigenvalue weighted by Crippen LogP contribution is 2.26. The molecule has 1 unspecified atom stereocenters. The zero-order valence-electron chi connectivity index (χ0n) is 14.1. The van der Waals surface area contributed by atoms with E-state index in [0.717, 1.165) is 0 Å². The highest BCUT2D eigenvalue weighted by atomic mass is 32.2. The van der Waals surface area contributed by atoms with Gasteiger partial charge in [0.2, 0.25) is 15.9 Å². The van der Waals surface area contributed by atoms with E-state index in [1.165, 1.54) is 21.0 Å². The molecule has 0 saturated carbocycles. The van der Waals surface area contributed by atoms with Crippen LogP contribution in [0, 0.1) is 5.92 Å². The lowest BCUT2D eigenvalue weighted by Crippen LogP contribution is -2.44. The number of benzene rings is 1. The van der Waals surface area contributed by atoms with Crippen molar-refractivity contribution in [1.82, 2.24) is 8.87 Å². The molecule has 3 rings (SSSR count). The van der Waals surface area contributed by atoms with Gasteiger partial charge in [0.15, 0.2) is 5.58 Å². The fourth-order valence-corrected chi connectivity index (χ4v) is 4.75. The van der Waals surface area contributed by atoms with Crippen LogP contribution in [0.15, 0.2) is 32.3 Å². The second-order valence-corrected chi connectivity index (χ2v) is 8.50. The number of carbonyl (C=O) groups excluding carboxylic acids is 1. The third kappa shape index (κ3) is 3.09. The third-order valence-corrected chi connectivity index (χ3v) is 6.39. The molecule has 0 bridgehead atoms. The summed E-state index contributed by atoms with van der Waals surface area (Å²) in [7, 11) is -3.79. The van der Waals surface area contributed by atoms with Crippen molar-refractivity contribution in [1.29, 1.82) is 0 Å². The largest absolute Gasteiger partial charge is 0.420 e. The van der Waals surface area contributed by atoms with E-state index in [1.807, 2.05) is 13.8 Å². The standard InChI is InChI=1S/C16H21N3O5S/c1-10(2)19-13-6-5-12(8-14(13)24-16(19)21)25(22,23)18-7-3-4-11(9-18)15(17)20/h5-6,8,10-11H,3-4,7,9H2,1-2H3,(H2,17,20). The Morgan fingerprint density at radius 1 is 1.36 bits per heavy atom. The number of primary amides is 1. The molecule has 1 aliphatic heterocycles. The Hall–Kier alpha value is -2.13. The number of piperidine rings is 1. The Morgan fingerprint density at radius 2 is 2.08 bits per heavy atom. The van der Waals surface area contributed by atoms with Crippen LogP contribution in [-0.4, -0.2) is 36.3 Å². The monoisotopic (exact) mass is 367 g/mol. The highest BCUT2D eigenvalue weighted by molar-refractivity contribution is 7.89. The zero-order chi connectivity index (χ0) is 18.4. The normalized spacial score (nSPS) is 19.6.